The highest BCUT2D eigenvalue weighted by atomic mass is 19.3. The molecule has 0 unspecified atom stereocenters. The summed E-state index contributed by atoms with van der Waals surface area (Å²) >= 11 is 0. The van der Waals surface area contributed by atoms with Gasteiger partial charge in [-0.05, 0) is 31.6 Å². The first-order valence-electron chi connectivity index (χ1n) is 4.51. The summed E-state index contributed by atoms with van der Waals surface area (Å²) in [5.41, 5.74) is 0. The van der Waals surface area contributed by atoms with Gasteiger partial charge < -0.3 is 4.74 Å². The zero-order valence-electron chi connectivity index (χ0n) is 7.38. The molecule has 1 saturated carbocycles. The first-order chi connectivity index (χ1) is 6.22. The van der Waals surface area contributed by atoms with E-state index in [2.05, 4.69) is 10.8 Å². The summed E-state index contributed by atoms with van der Waals surface area (Å²) in [6.45, 7) is -2.52. The maximum Gasteiger partial charge on any atom is 0.345 e. The molecule has 0 heterocycles. The Morgan fingerprint density at radius 1 is 1.31 bits per heavy atom. The quantitative estimate of drug-likeness (QED) is 0.683. The topological polar surface area (TPSA) is 33.0 Å². The SMILES string of the molecule is N#CC1CCC(COC(F)F)CC1. The van der Waals surface area contributed by atoms with Crippen LogP contribution in [0.1, 0.15) is 25.7 Å². The Bertz CT molecular complexity index is 183. The Balaban J connectivity index is 2.15. The number of hydrogen-bond donors (Lipinski definition) is 0. The van der Waals surface area contributed by atoms with Crippen molar-refractivity contribution in [3.8, 4) is 6.07 Å². The van der Waals surface area contributed by atoms with E-state index in [1.165, 1.54) is 0 Å². The fraction of sp³-hybridized carbons (Fsp3) is 0.889. The van der Waals surface area contributed by atoms with Crippen LogP contribution >= 0.6 is 0 Å². The molecule has 1 fully saturated rings. The van der Waals surface area contributed by atoms with E-state index in [1.54, 1.807) is 0 Å². The van der Waals surface area contributed by atoms with Crippen LogP contribution in [-0.2, 0) is 4.74 Å². The van der Waals surface area contributed by atoms with Crippen LogP contribution < -0.4 is 0 Å². The van der Waals surface area contributed by atoms with Crippen LogP contribution in [0.2, 0.25) is 0 Å². The lowest BCUT2D eigenvalue weighted by atomic mass is 9.83. The van der Waals surface area contributed by atoms with Crippen LogP contribution in [0, 0.1) is 23.2 Å². The number of ether oxygens (including phenoxy) is 1. The molecule has 0 aromatic carbocycles. The largest absolute Gasteiger partial charge is 0.345 e. The van der Waals surface area contributed by atoms with Crippen molar-refractivity contribution in [3.63, 3.8) is 0 Å². The summed E-state index contributed by atoms with van der Waals surface area (Å²) in [5, 5.41) is 8.59. The molecule has 0 saturated heterocycles. The van der Waals surface area contributed by atoms with Crippen LogP contribution in [0.4, 0.5) is 8.78 Å². The molecule has 0 aliphatic heterocycles. The van der Waals surface area contributed by atoms with Gasteiger partial charge in [-0.15, -0.1) is 0 Å². The van der Waals surface area contributed by atoms with E-state index in [0.717, 1.165) is 25.7 Å². The second-order valence-electron chi connectivity index (χ2n) is 3.44. The molecule has 0 atom stereocenters. The number of halogens is 2. The third-order valence-corrected chi connectivity index (χ3v) is 2.49. The van der Waals surface area contributed by atoms with Crippen molar-refractivity contribution >= 4 is 0 Å². The smallest absolute Gasteiger partial charge is 0.323 e. The summed E-state index contributed by atoms with van der Waals surface area (Å²) in [6, 6.07) is 2.20. The van der Waals surface area contributed by atoms with E-state index in [0.29, 0.717) is 0 Å². The molecular weight excluding hydrogens is 176 g/mol. The van der Waals surface area contributed by atoms with Gasteiger partial charge in [0.25, 0.3) is 0 Å². The molecule has 0 aromatic rings. The van der Waals surface area contributed by atoms with Crippen molar-refractivity contribution in [2.24, 2.45) is 11.8 Å². The molecule has 1 aliphatic rings. The Morgan fingerprint density at radius 3 is 2.38 bits per heavy atom. The second kappa shape index (κ2) is 5.13. The zero-order chi connectivity index (χ0) is 9.68. The number of hydrogen-bond acceptors (Lipinski definition) is 2. The Labute approximate surface area is 76.5 Å². The second-order valence-corrected chi connectivity index (χ2v) is 3.44. The average molecular weight is 189 g/mol. The highest BCUT2D eigenvalue weighted by Crippen LogP contribution is 2.28. The fourth-order valence-corrected chi connectivity index (χ4v) is 1.67. The lowest BCUT2D eigenvalue weighted by molar-refractivity contribution is -0.140. The van der Waals surface area contributed by atoms with E-state index in [4.69, 9.17) is 5.26 Å². The van der Waals surface area contributed by atoms with Crippen molar-refractivity contribution in [2.45, 2.75) is 32.3 Å². The van der Waals surface area contributed by atoms with Gasteiger partial charge >= 0.3 is 6.61 Å². The minimum absolute atomic E-state index is 0.128. The molecule has 1 rings (SSSR count). The Morgan fingerprint density at radius 2 is 1.92 bits per heavy atom. The van der Waals surface area contributed by atoms with Crippen molar-refractivity contribution in [2.75, 3.05) is 6.61 Å². The van der Waals surface area contributed by atoms with Gasteiger partial charge in [0.05, 0.1) is 12.7 Å². The molecular formula is C9H13F2NO. The van der Waals surface area contributed by atoms with E-state index in [-0.39, 0.29) is 18.4 Å². The van der Waals surface area contributed by atoms with E-state index in [9.17, 15) is 8.78 Å². The van der Waals surface area contributed by atoms with Crippen LogP contribution in [0.5, 0.6) is 0 Å². The number of nitriles is 1. The summed E-state index contributed by atoms with van der Waals surface area (Å²) in [5.74, 6) is 0.349. The van der Waals surface area contributed by atoms with Gasteiger partial charge in [-0.2, -0.15) is 14.0 Å². The van der Waals surface area contributed by atoms with E-state index in [1.807, 2.05) is 0 Å². The molecule has 13 heavy (non-hydrogen) atoms. The van der Waals surface area contributed by atoms with Crippen LogP contribution in [0.3, 0.4) is 0 Å². The number of alkyl halides is 2. The predicted molar refractivity (Wildman–Crippen MR) is 43.0 cm³/mol. The van der Waals surface area contributed by atoms with Gasteiger partial charge in [-0.3, -0.25) is 0 Å². The molecule has 1 aliphatic carbocycles. The molecule has 0 N–H and O–H groups in total. The summed E-state index contributed by atoms with van der Waals surface area (Å²) in [6.07, 6.45) is 3.33. The maximum absolute atomic E-state index is 11.7. The highest BCUT2D eigenvalue weighted by molar-refractivity contribution is 4.86. The molecule has 2 nitrogen and oxygen atoms in total. The Kier molecular flexibility index (Phi) is 4.10. The molecule has 0 radical (unpaired) electrons. The maximum atomic E-state index is 11.7. The van der Waals surface area contributed by atoms with Gasteiger partial charge in [-0.1, -0.05) is 0 Å². The molecule has 0 spiro atoms. The third kappa shape index (κ3) is 3.69. The summed E-state index contributed by atoms with van der Waals surface area (Å²) < 4.78 is 27.6. The third-order valence-electron chi connectivity index (χ3n) is 2.49. The first-order valence-corrected chi connectivity index (χ1v) is 4.51. The van der Waals surface area contributed by atoms with Gasteiger partial charge in [0, 0.05) is 5.92 Å². The standard InChI is InChI=1S/C9H13F2NO/c10-9(11)13-6-8-3-1-7(5-12)2-4-8/h7-9H,1-4,6H2. The lowest BCUT2D eigenvalue weighted by Crippen LogP contribution is -2.19. The number of rotatable bonds is 3. The Hall–Kier alpha value is -0.690. The van der Waals surface area contributed by atoms with Crippen molar-refractivity contribution in [1.82, 2.24) is 0 Å². The van der Waals surface area contributed by atoms with Gasteiger partial charge in [0.15, 0.2) is 0 Å². The fourth-order valence-electron chi connectivity index (χ4n) is 1.67. The van der Waals surface area contributed by atoms with Crippen LogP contribution in [0.25, 0.3) is 0 Å². The molecule has 0 amide bonds. The minimum atomic E-state index is -2.66. The van der Waals surface area contributed by atoms with E-state index < -0.39 is 6.61 Å². The predicted octanol–water partition coefficient (Wildman–Crippen LogP) is 2.56. The summed E-state index contributed by atoms with van der Waals surface area (Å²) in [7, 11) is 0. The zero-order valence-corrected chi connectivity index (χ0v) is 7.38. The van der Waals surface area contributed by atoms with E-state index >= 15 is 0 Å². The van der Waals surface area contributed by atoms with Crippen molar-refractivity contribution < 1.29 is 13.5 Å². The summed E-state index contributed by atoms with van der Waals surface area (Å²) in [4.78, 5) is 0. The minimum Gasteiger partial charge on any atom is -0.323 e. The molecule has 4 heteroatoms. The van der Waals surface area contributed by atoms with Crippen molar-refractivity contribution in [3.05, 3.63) is 0 Å². The first kappa shape index (κ1) is 10.4. The number of nitrogens with zero attached hydrogens (tertiary/aromatic N) is 1. The van der Waals surface area contributed by atoms with Crippen LogP contribution in [0.15, 0.2) is 0 Å². The van der Waals surface area contributed by atoms with Crippen molar-refractivity contribution in [1.29, 1.82) is 5.26 Å². The normalized spacial score (nSPS) is 28.8. The molecule has 0 bridgehead atoms. The molecule has 0 aromatic heterocycles. The average Bonchev–Trinajstić information content (AvgIpc) is 2.15. The molecule has 74 valence electrons. The monoisotopic (exact) mass is 189 g/mol. The van der Waals surface area contributed by atoms with Gasteiger partial charge in [-0.25, -0.2) is 0 Å². The van der Waals surface area contributed by atoms with Crippen LogP contribution in [-0.4, -0.2) is 13.2 Å². The lowest BCUT2D eigenvalue weighted by Gasteiger charge is -2.24. The van der Waals surface area contributed by atoms with Gasteiger partial charge in [0.2, 0.25) is 0 Å². The van der Waals surface area contributed by atoms with Gasteiger partial charge in [0.1, 0.15) is 0 Å². The highest BCUT2D eigenvalue weighted by Gasteiger charge is 2.21.